The summed E-state index contributed by atoms with van der Waals surface area (Å²) in [5.41, 5.74) is 0. The van der Waals surface area contributed by atoms with Crippen LogP contribution < -0.4 is 9.92 Å². The number of thiocarbonyl (C=S) groups is 1. The first-order valence-corrected chi connectivity index (χ1v) is 15.5. The van der Waals surface area contributed by atoms with Crippen LogP contribution in [-0.2, 0) is 22.8 Å². The number of halogens is 2. The number of benzene rings is 2. The zero-order valence-corrected chi connectivity index (χ0v) is 24.2. The molecule has 6 nitrogen and oxygen atoms in total. The first-order chi connectivity index (χ1) is 16.9. The van der Waals surface area contributed by atoms with E-state index < -0.39 is 46.7 Å². The van der Waals surface area contributed by atoms with Crippen molar-refractivity contribution in [2.45, 2.75) is 51.7 Å². The normalized spacial score (nSPS) is 14.2. The first kappa shape index (κ1) is 30.5. The predicted octanol–water partition coefficient (Wildman–Crippen LogP) is 6.08. The Morgan fingerprint density at radius 3 is 2.00 bits per heavy atom. The maximum absolute atomic E-state index is 15.6. The number of ether oxygens (including phenoxy) is 2. The summed E-state index contributed by atoms with van der Waals surface area (Å²) in [6, 6.07) is 18.0. The molecule has 0 saturated carbocycles. The lowest BCUT2D eigenvalue weighted by atomic mass is 10.2. The Balaban J connectivity index is 2.30. The summed E-state index contributed by atoms with van der Waals surface area (Å²) in [4.78, 5) is 0. The molecule has 0 aromatic heterocycles. The third-order valence-electron chi connectivity index (χ3n) is 5.01. The van der Waals surface area contributed by atoms with Crippen molar-refractivity contribution in [1.82, 2.24) is 0 Å². The van der Waals surface area contributed by atoms with Crippen molar-refractivity contribution in [1.29, 1.82) is 0 Å². The number of hydrogen-bond donors (Lipinski definition) is 0. The Labute approximate surface area is 219 Å². The number of para-hydroxylation sites is 1. The van der Waals surface area contributed by atoms with Crippen molar-refractivity contribution in [3.05, 3.63) is 60.7 Å². The van der Waals surface area contributed by atoms with Gasteiger partial charge in [0.25, 0.3) is 5.92 Å². The van der Waals surface area contributed by atoms with Crippen LogP contribution in [0.4, 0.5) is 8.78 Å². The molecule has 2 rings (SSSR count). The molecule has 0 saturated heterocycles. The molecule has 0 aliphatic carbocycles. The van der Waals surface area contributed by atoms with Crippen LogP contribution in [0.15, 0.2) is 60.7 Å². The Hall–Kier alpha value is -1.68. The lowest BCUT2D eigenvalue weighted by Crippen LogP contribution is -2.49. The van der Waals surface area contributed by atoms with Gasteiger partial charge in [-0.2, -0.15) is 0 Å². The van der Waals surface area contributed by atoms with Crippen LogP contribution in [-0.4, -0.2) is 52.3 Å². The van der Waals surface area contributed by atoms with Crippen molar-refractivity contribution in [3.8, 4) is 5.75 Å². The quantitative estimate of drug-likeness (QED) is 0.167. The molecule has 0 radical (unpaired) electrons. The molecule has 0 bridgehead atoms. The lowest BCUT2D eigenvalue weighted by Gasteiger charge is -2.33. The first-order valence-electron chi connectivity index (χ1n) is 11.8. The third-order valence-corrected chi connectivity index (χ3v) is 10.4. The highest BCUT2D eigenvalue weighted by atomic mass is 32.1. The minimum absolute atomic E-state index is 0.0437. The van der Waals surface area contributed by atoms with Crippen molar-refractivity contribution in [2.75, 3.05) is 26.0 Å². The van der Waals surface area contributed by atoms with Crippen LogP contribution in [0.3, 0.4) is 0 Å². The largest absolute Gasteiger partial charge is 0.444 e. The van der Waals surface area contributed by atoms with Gasteiger partial charge >= 0.3 is 12.8 Å². The zero-order chi connectivity index (χ0) is 26.8. The molecular formula is C25H35F2O6PSSi. The van der Waals surface area contributed by atoms with Gasteiger partial charge in [0.2, 0.25) is 9.04 Å². The maximum Gasteiger partial charge on any atom is 0.358 e. The highest BCUT2D eigenvalue weighted by molar-refractivity contribution is 7.79. The van der Waals surface area contributed by atoms with E-state index in [1.165, 1.54) is 0 Å². The fourth-order valence-electron chi connectivity index (χ4n) is 3.51. The molecule has 0 N–H and O–H groups in total. The van der Waals surface area contributed by atoms with E-state index in [2.05, 4.69) is 0 Å². The average Bonchev–Trinajstić information content (AvgIpc) is 2.78. The molecule has 2 unspecified atom stereocenters. The minimum atomic E-state index is -4.10. The number of alkyl halides is 2. The smallest absolute Gasteiger partial charge is 0.358 e. The van der Waals surface area contributed by atoms with Crippen molar-refractivity contribution < 1.29 is 36.3 Å². The molecule has 36 heavy (non-hydrogen) atoms. The highest BCUT2D eigenvalue weighted by Gasteiger charge is 2.50. The third kappa shape index (κ3) is 9.65. The SMILES string of the molecule is CCOP(=O)(CC(F)(F)C(CO[SiH](c1ccccc1)C(C)(C)C)OC(=S)Oc1ccccc1)OCC. The van der Waals surface area contributed by atoms with Gasteiger partial charge in [-0.25, -0.2) is 8.78 Å². The second kappa shape index (κ2) is 13.7. The molecule has 0 amide bonds. The van der Waals surface area contributed by atoms with Gasteiger partial charge in [0, 0.05) is 12.2 Å². The maximum atomic E-state index is 15.6. The zero-order valence-electron chi connectivity index (χ0n) is 21.3. The van der Waals surface area contributed by atoms with Gasteiger partial charge in [-0.05, 0) is 36.2 Å². The van der Waals surface area contributed by atoms with Crippen LogP contribution in [0.25, 0.3) is 0 Å². The minimum Gasteiger partial charge on any atom is -0.444 e. The second-order valence-electron chi connectivity index (χ2n) is 9.13. The van der Waals surface area contributed by atoms with Gasteiger partial charge < -0.3 is 22.9 Å². The fourth-order valence-corrected chi connectivity index (χ4v) is 8.11. The monoisotopic (exact) mass is 560 g/mol. The van der Waals surface area contributed by atoms with E-state index in [0.717, 1.165) is 5.19 Å². The van der Waals surface area contributed by atoms with E-state index in [1.54, 1.807) is 44.2 Å². The predicted molar refractivity (Wildman–Crippen MR) is 144 cm³/mol. The molecule has 0 heterocycles. The molecular weight excluding hydrogens is 525 g/mol. The molecule has 11 heteroatoms. The Morgan fingerprint density at radius 2 is 1.50 bits per heavy atom. The van der Waals surface area contributed by atoms with E-state index in [1.807, 2.05) is 51.1 Å². The van der Waals surface area contributed by atoms with Crippen molar-refractivity contribution in [2.24, 2.45) is 0 Å². The van der Waals surface area contributed by atoms with Gasteiger partial charge in [-0.1, -0.05) is 69.3 Å². The summed E-state index contributed by atoms with van der Waals surface area (Å²) in [5, 5.41) is 0.184. The van der Waals surface area contributed by atoms with E-state index in [9.17, 15) is 4.57 Å². The number of hydrogen-bond acceptors (Lipinski definition) is 7. The molecule has 0 spiro atoms. The molecule has 0 aliphatic heterocycles. The summed E-state index contributed by atoms with van der Waals surface area (Å²) in [6.07, 6.45) is -3.07. The van der Waals surface area contributed by atoms with E-state index in [0.29, 0.717) is 5.75 Å². The van der Waals surface area contributed by atoms with E-state index in [-0.39, 0.29) is 18.3 Å². The van der Waals surface area contributed by atoms with Crippen LogP contribution in [0.2, 0.25) is 5.04 Å². The summed E-state index contributed by atoms with van der Waals surface area (Å²) < 4.78 is 71.5. The molecule has 0 aliphatic rings. The molecule has 2 aromatic carbocycles. The fraction of sp³-hybridized carbons (Fsp3) is 0.480. The summed E-state index contributed by atoms with van der Waals surface area (Å²) >= 11 is 5.12. The van der Waals surface area contributed by atoms with Gasteiger partial charge in [0.05, 0.1) is 19.8 Å². The summed E-state index contributed by atoms with van der Waals surface area (Å²) in [7, 11) is -6.33. The lowest BCUT2D eigenvalue weighted by molar-refractivity contribution is -0.105. The molecule has 2 atom stereocenters. The van der Waals surface area contributed by atoms with E-state index in [4.69, 9.17) is 35.2 Å². The van der Waals surface area contributed by atoms with Gasteiger partial charge in [-0.3, -0.25) is 4.57 Å². The van der Waals surface area contributed by atoms with Gasteiger partial charge in [-0.15, -0.1) is 0 Å². The summed E-state index contributed by atoms with van der Waals surface area (Å²) in [5.74, 6) is -3.33. The number of rotatable bonds is 13. The average molecular weight is 561 g/mol. The second-order valence-corrected chi connectivity index (χ2v) is 15.0. The molecule has 0 fully saturated rings. The molecule has 2 aromatic rings. The molecule has 200 valence electrons. The Morgan fingerprint density at radius 1 is 0.972 bits per heavy atom. The van der Waals surface area contributed by atoms with Crippen LogP contribution in [0, 0.1) is 0 Å². The van der Waals surface area contributed by atoms with Crippen molar-refractivity contribution in [3.63, 3.8) is 0 Å². The van der Waals surface area contributed by atoms with Gasteiger partial charge in [0.15, 0.2) is 6.10 Å². The van der Waals surface area contributed by atoms with Gasteiger partial charge in [0.1, 0.15) is 11.9 Å². The Kier molecular flexibility index (Phi) is 11.7. The van der Waals surface area contributed by atoms with E-state index >= 15 is 8.78 Å². The standard InChI is InChI=1S/C25H35F2O6PSSi/c1-6-29-34(28,30-7-2)19-25(26,27)22(33-23(35)32-20-14-10-8-11-15-20)18-31-36(24(3,4)5)21-16-12-9-13-17-21/h8-17,22,36H,6-7,18-19H2,1-5H3. The Bertz CT molecular complexity index is 981. The topological polar surface area (TPSA) is 63.2 Å². The summed E-state index contributed by atoms with van der Waals surface area (Å²) in [6.45, 7) is 8.56. The van der Waals surface area contributed by atoms with Crippen LogP contribution in [0.5, 0.6) is 5.75 Å². The van der Waals surface area contributed by atoms with Crippen LogP contribution >= 0.6 is 19.8 Å². The van der Waals surface area contributed by atoms with Crippen LogP contribution in [0.1, 0.15) is 34.6 Å². The highest BCUT2D eigenvalue weighted by Crippen LogP contribution is 2.52. The van der Waals surface area contributed by atoms with Crippen molar-refractivity contribution >= 4 is 39.3 Å².